The van der Waals surface area contributed by atoms with Gasteiger partial charge in [0.1, 0.15) is 11.4 Å². The van der Waals surface area contributed by atoms with E-state index in [4.69, 9.17) is 9.47 Å². The number of hydrogen-bond donors (Lipinski definition) is 1. The van der Waals surface area contributed by atoms with Crippen molar-refractivity contribution >= 4 is 43.9 Å². The van der Waals surface area contributed by atoms with Gasteiger partial charge in [0.25, 0.3) is 5.91 Å². The lowest BCUT2D eigenvalue weighted by atomic mass is 9.93. The summed E-state index contributed by atoms with van der Waals surface area (Å²) in [6.07, 6.45) is 1.26. The molecule has 2 atom stereocenters. The molecule has 0 saturated carbocycles. The second-order valence-corrected chi connectivity index (χ2v) is 14.3. The van der Waals surface area contributed by atoms with Crippen molar-refractivity contribution in [2.75, 3.05) is 59.5 Å². The first-order chi connectivity index (χ1) is 20.4. The van der Waals surface area contributed by atoms with Crippen molar-refractivity contribution in [2.45, 2.75) is 57.2 Å². The van der Waals surface area contributed by atoms with Gasteiger partial charge in [-0.05, 0) is 76.1 Å². The van der Waals surface area contributed by atoms with Crippen LogP contribution in [0.15, 0.2) is 51.4 Å². The van der Waals surface area contributed by atoms with Crippen LogP contribution in [0.5, 0.6) is 0 Å². The number of morpholine rings is 1. The molecule has 2 aromatic carbocycles. The van der Waals surface area contributed by atoms with Crippen molar-refractivity contribution in [3.05, 3.63) is 68.4 Å². The van der Waals surface area contributed by atoms with E-state index in [1.165, 1.54) is 12.1 Å². The summed E-state index contributed by atoms with van der Waals surface area (Å²) in [5.41, 5.74) is 1.12. The zero-order chi connectivity index (χ0) is 31.1. The number of nitrogens with one attached hydrogen (secondary N) is 1. The highest BCUT2D eigenvalue weighted by molar-refractivity contribution is 9.11. The average molecular weight is 727 g/mol. The van der Waals surface area contributed by atoms with Crippen LogP contribution in [-0.4, -0.2) is 104 Å². The molecule has 2 aliphatic rings. The Morgan fingerprint density at radius 3 is 2.47 bits per heavy atom. The van der Waals surface area contributed by atoms with Crippen LogP contribution in [0.2, 0.25) is 0 Å². The molecule has 2 heterocycles. The van der Waals surface area contributed by atoms with Crippen molar-refractivity contribution in [2.24, 2.45) is 0 Å². The van der Waals surface area contributed by atoms with Gasteiger partial charge in [-0.1, -0.05) is 44.0 Å². The monoisotopic (exact) mass is 724 g/mol. The summed E-state index contributed by atoms with van der Waals surface area (Å²) in [5.74, 6) is -0.255. The van der Waals surface area contributed by atoms with Crippen molar-refractivity contribution in [1.29, 1.82) is 0 Å². The highest BCUT2D eigenvalue weighted by atomic mass is 79.9. The van der Waals surface area contributed by atoms with E-state index in [-0.39, 0.29) is 23.7 Å². The number of ether oxygens (including phenoxy) is 2. The fraction of sp³-hybridized carbons (Fsp3) is 0.562. The Hall–Kier alpha value is -2.05. The van der Waals surface area contributed by atoms with Gasteiger partial charge in [-0.15, -0.1) is 0 Å². The molecule has 0 spiro atoms. The number of halogens is 3. The largest absolute Gasteiger partial charge is 0.444 e. The van der Waals surface area contributed by atoms with Gasteiger partial charge in [0, 0.05) is 72.3 Å². The molecular formula is C32H43Br2FN4O4. The lowest BCUT2D eigenvalue weighted by Crippen LogP contribution is -2.64. The summed E-state index contributed by atoms with van der Waals surface area (Å²) in [4.78, 5) is 32.0. The number of rotatable bonds is 11. The third-order valence-corrected chi connectivity index (χ3v) is 8.83. The van der Waals surface area contributed by atoms with Crippen LogP contribution in [0.3, 0.4) is 0 Å². The molecule has 0 aromatic heterocycles. The molecule has 2 aliphatic heterocycles. The number of alkyl carbamates (subject to hydrolysis) is 1. The Bertz CT molecular complexity index is 1220. The number of carbonyl (C=O) groups is 2. The quantitative estimate of drug-likeness (QED) is 0.311. The smallest absolute Gasteiger partial charge is 0.407 e. The van der Waals surface area contributed by atoms with E-state index in [2.05, 4.69) is 47.0 Å². The Labute approximate surface area is 271 Å². The summed E-state index contributed by atoms with van der Waals surface area (Å²) >= 11 is 6.94. The van der Waals surface area contributed by atoms with E-state index in [0.29, 0.717) is 37.9 Å². The predicted octanol–water partition coefficient (Wildman–Crippen LogP) is 5.90. The molecule has 0 unspecified atom stereocenters. The fourth-order valence-electron chi connectivity index (χ4n) is 5.74. The van der Waals surface area contributed by atoms with E-state index in [9.17, 15) is 14.0 Å². The second-order valence-electron chi connectivity index (χ2n) is 12.5. The first-order valence-corrected chi connectivity index (χ1v) is 16.5. The maximum Gasteiger partial charge on any atom is 0.407 e. The Morgan fingerprint density at radius 2 is 1.81 bits per heavy atom. The van der Waals surface area contributed by atoms with Crippen molar-refractivity contribution in [1.82, 2.24) is 20.0 Å². The Kier molecular flexibility index (Phi) is 12.0. The number of likely N-dealkylation sites (N-methyl/N-ethyl adjacent to an activating group) is 1. The van der Waals surface area contributed by atoms with Crippen molar-refractivity contribution in [3.63, 3.8) is 0 Å². The number of carbonyl (C=O) groups excluding carboxylic acids is 2. The van der Waals surface area contributed by atoms with Gasteiger partial charge in [0.05, 0.1) is 13.2 Å². The number of nitrogens with zero attached hydrogens (tertiary/aromatic N) is 3. The number of hydrogen-bond acceptors (Lipinski definition) is 6. The summed E-state index contributed by atoms with van der Waals surface area (Å²) in [6.45, 7) is 11.7. The second kappa shape index (κ2) is 15.3. The number of amides is 2. The zero-order valence-electron chi connectivity index (χ0n) is 25.5. The molecule has 1 N–H and O–H groups in total. The van der Waals surface area contributed by atoms with E-state index >= 15 is 0 Å². The molecule has 4 rings (SSSR count). The molecule has 2 fully saturated rings. The minimum Gasteiger partial charge on any atom is -0.444 e. The van der Waals surface area contributed by atoms with E-state index in [0.717, 1.165) is 53.5 Å². The van der Waals surface area contributed by atoms with Gasteiger partial charge >= 0.3 is 6.09 Å². The van der Waals surface area contributed by atoms with Gasteiger partial charge < -0.3 is 24.6 Å². The number of benzene rings is 2. The molecule has 2 aromatic rings. The molecule has 2 saturated heterocycles. The maximum absolute atomic E-state index is 13.7. The summed E-state index contributed by atoms with van der Waals surface area (Å²) in [7, 11) is 1.82. The van der Waals surface area contributed by atoms with Gasteiger partial charge in [-0.25, -0.2) is 9.18 Å². The van der Waals surface area contributed by atoms with Gasteiger partial charge in [-0.2, -0.15) is 0 Å². The molecule has 11 heteroatoms. The van der Waals surface area contributed by atoms with E-state index in [1.54, 1.807) is 4.90 Å². The van der Waals surface area contributed by atoms with Crippen molar-refractivity contribution < 1.29 is 23.5 Å². The fourth-order valence-corrected chi connectivity index (χ4v) is 7.03. The van der Waals surface area contributed by atoms with Gasteiger partial charge in [0.15, 0.2) is 0 Å². The molecule has 236 valence electrons. The van der Waals surface area contributed by atoms with Crippen LogP contribution in [-0.2, 0) is 9.47 Å². The lowest BCUT2D eigenvalue weighted by molar-refractivity contribution is -0.0705. The van der Waals surface area contributed by atoms with Crippen LogP contribution in [0, 0.1) is 5.82 Å². The van der Waals surface area contributed by atoms with Crippen LogP contribution < -0.4 is 5.32 Å². The first-order valence-electron chi connectivity index (χ1n) is 14.9. The molecular weight excluding hydrogens is 683 g/mol. The zero-order valence-corrected chi connectivity index (χ0v) is 28.6. The SMILES string of the molecule is CN(C[C@@H](CCN1CC(N2CCOC[C@H]2CCNC(=O)OC(C)(C)C)C1)c1ccc(F)cc1)C(=O)c1cc(Br)cc(Br)c1. The topological polar surface area (TPSA) is 74.3 Å². The molecule has 0 radical (unpaired) electrons. The highest BCUT2D eigenvalue weighted by Crippen LogP contribution is 2.27. The molecule has 2 amide bonds. The summed E-state index contributed by atoms with van der Waals surface area (Å²) in [5, 5.41) is 2.87. The van der Waals surface area contributed by atoms with Crippen LogP contribution >= 0.6 is 31.9 Å². The minimum absolute atomic E-state index is 0.0577. The highest BCUT2D eigenvalue weighted by Gasteiger charge is 2.37. The lowest BCUT2D eigenvalue weighted by Gasteiger charge is -2.50. The van der Waals surface area contributed by atoms with Crippen LogP contribution in [0.4, 0.5) is 9.18 Å². The Morgan fingerprint density at radius 1 is 1.14 bits per heavy atom. The standard InChI is InChI=1S/C32H43Br2FN4O4/c1-32(2,3)43-31(41)36-11-9-28-21-42-14-13-39(28)29-19-38(20-29)12-10-23(22-5-7-27(35)8-6-22)18-37(4)30(40)24-15-25(33)17-26(34)16-24/h5-8,15-17,23,28-29H,9-14,18-21H2,1-4H3,(H,36,41)/t23-,28-/m1/s1. The molecule has 8 nitrogen and oxygen atoms in total. The molecule has 0 bridgehead atoms. The van der Waals surface area contributed by atoms with Gasteiger partial charge in [-0.3, -0.25) is 9.69 Å². The number of likely N-dealkylation sites (tertiary alicyclic amines) is 1. The summed E-state index contributed by atoms with van der Waals surface area (Å²) < 4.78 is 26.5. The minimum atomic E-state index is -0.517. The third-order valence-electron chi connectivity index (χ3n) is 7.91. The normalized spacial score (nSPS) is 19.0. The summed E-state index contributed by atoms with van der Waals surface area (Å²) in [6, 6.07) is 12.9. The Balaban J connectivity index is 1.30. The maximum atomic E-state index is 13.7. The van der Waals surface area contributed by atoms with Gasteiger partial charge in [0.2, 0.25) is 0 Å². The van der Waals surface area contributed by atoms with Crippen molar-refractivity contribution in [3.8, 4) is 0 Å². The third kappa shape index (κ3) is 10.2. The average Bonchev–Trinajstić information content (AvgIpc) is 2.90. The molecule has 43 heavy (non-hydrogen) atoms. The first kappa shape index (κ1) is 33.8. The molecule has 0 aliphatic carbocycles. The van der Waals surface area contributed by atoms with Crippen LogP contribution in [0.25, 0.3) is 0 Å². The van der Waals surface area contributed by atoms with Crippen LogP contribution in [0.1, 0.15) is 55.5 Å². The predicted molar refractivity (Wildman–Crippen MR) is 173 cm³/mol. The van der Waals surface area contributed by atoms with E-state index < -0.39 is 11.7 Å². The van der Waals surface area contributed by atoms with E-state index in [1.807, 2.05) is 58.2 Å².